The highest BCUT2D eigenvalue weighted by Gasteiger charge is 2.17. The smallest absolute Gasteiger partial charge is 0.340 e. The Morgan fingerprint density at radius 1 is 0.862 bits per heavy atom. The fourth-order valence-corrected chi connectivity index (χ4v) is 2.46. The molecule has 0 radical (unpaired) electrons. The lowest BCUT2D eigenvalue weighted by Crippen LogP contribution is -2.22. The van der Waals surface area contributed by atoms with E-state index in [9.17, 15) is 19.2 Å². The Kier molecular flexibility index (Phi) is 7.30. The number of methoxy groups -OCH3 is 2. The molecule has 0 aromatic heterocycles. The zero-order valence-electron chi connectivity index (χ0n) is 16.1. The minimum absolute atomic E-state index is 0.0469. The number of hydrogen-bond acceptors (Lipinski definition) is 8. The second-order valence-electron chi connectivity index (χ2n) is 5.70. The van der Waals surface area contributed by atoms with E-state index < -0.39 is 30.4 Å². The molecule has 0 heterocycles. The van der Waals surface area contributed by atoms with Crippen LogP contribution in [0.5, 0.6) is 0 Å². The van der Waals surface area contributed by atoms with Crippen LogP contribution < -0.4 is 10.6 Å². The molecule has 0 saturated heterocycles. The van der Waals surface area contributed by atoms with Crippen molar-refractivity contribution >= 4 is 35.2 Å². The third kappa shape index (κ3) is 5.55. The molecule has 0 atom stereocenters. The van der Waals surface area contributed by atoms with E-state index in [-0.39, 0.29) is 22.4 Å². The maximum absolute atomic E-state index is 12.2. The molecule has 0 spiro atoms. The minimum Gasteiger partial charge on any atom is -0.465 e. The first-order valence-electron chi connectivity index (χ1n) is 8.45. The molecule has 152 valence electrons. The minimum atomic E-state index is -0.693. The number of hydrogen-bond donors (Lipinski definition) is 2. The van der Waals surface area contributed by atoms with E-state index in [0.717, 1.165) is 0 Å². The quantitative estimate of drug-likeness (QED) is 0.536. The summed E-state index contributed by atoms with van der Waals surface area (Å²) in [5, 5.41) is 5.33. The summed E-state index contributed by atoms with van der Waals surface area (Å²) in [6, 6.07) is 10.6. The Labute approximate surface area is 166 Å². The normalized spacial score (nSPS) is 9.90. The van der Waals surface area contributed by atoms with E-state index >= 15 is 0 Å². The molecule has 0 fully saturated rings. The average molecular weight is 400 g/mol. The summed E-state index contributed by atoms with van der Waals surface area (Å²) in [6.07, 6.45) is 0. The molecule has 2 rings (SSSR count). The zero-order chi connectivity index (χ0) is 21.4. The van der Waals surface area contributed by atoms with Gasteiger partial charge >= 0.3 is 17.9 Å². The molecule has 0 aliphatic rings. The predicted molar refractivity (Wildman–Crippen MR) is 104 cm³/mol. The van der Waals surface area contributed by atoms with Gasteiger partial charge in [0.05, 0.1) is 30.9 Å². The number of rotatable bonds is 7. The summed E-state index contributed by atoms with van der Waals surface area (Å²) in [7, 11) is 4.04. The molecule has 1 amide bonds. The molecule has 9 nitrogen and oxygen atoms in total. The van der Waals surface area contributed by atoms with Gasteiger partial charge in [-0.3, -0.25) is 4.79 Å². The van der Waals surface area contributed by atoms with Crippen LogP contribution in [0.25, 0.3) is 0 Å². The van der Waals surface area contributed by atoms with Crippen LogP contribution in [0, 0.1) is 0 Å². The summed E-state index contributed by atoms with van der Waals surface area (Å²) in [5.74, 6) is -2.72. The summed E-state index contributed by atoms with van der Waals surface area (Å²) in [6.45, 7) is -0.563. The van der Waals surface area contributed by atoms with Gasteiger partial charge in [0.1, 0.15) is 0 Å². The van der Waals surface area contributed by atoms with E-state index in [0.29, 0.717) is 5.69 Å². The molecule has 2 aromatic rings. The van der Waals surface area contributed by atoms with Gasteiger partial charge in [-0.25, -0.2) is 14.4 Å². The number of amides is 1. The summed E-state index contributed by atoms with van der Waals surface area (Å²) in [5.41, 5.74) is 1.08. The molecule has 0 saturated carbocycles. The van der Waals surface area contributed by atoms with Gasteiger partial charge in [-0.2, -0.15) is 0 Å². The Hall–Kier alpha value is -3.88. The SMILES string of the molecule is CNc1ccccc1C(=O)OCC(=O)Nc1cc(C(=O)OC)cc(C(=O)OC)c1. The van der Waals surface area contributed by atoms with Crippen LogP contribution in [0.4, 0.5) is 11.4 Å². The van der Waals surface area contributed by atoms with Crippen LogP contribution >= 0.6 is 0 Å². The summed E-state index contributed by atoms with van der Waals surface area (Å²) >= 11 is 0. The molecule has 0 unspecified atom stereocenters. The van der Waals surface area contributed by atoms with E-state index in [2.05, 4.69) is 20.1 Å². The lowest BCUT2D eigenvalue weighted by molar-refractivity contribution is -0.119. The van der Waals surface area contributed by atoms with E-state index in [1.54, 1.807) is 31.3 Å². The highest BCUT2D eigenvalue weighted by molar-refractivity contribution is 6.01. The first-order valence-corrected chi connectivity index (χ1v) is 8.45. The average Bonchev–Trinajstić information content (AvgIpc) is 2.75. The van der Waals surface area contributed by atoms with Gasteiger partial charge < -0.3 is 24.8 Å². The topological polar surface area (TPSA) is 120 Å². The van der Waals surface area contributed by atoms with Crippen LogP contribution in [0.15, 0.2) is 42.5 Å². The molecule has 0 aliphatic heterocycles. The molecule has 0 bridgehead atoms. The molecule has 0 aliphatic carbocycles. The van der Waals surface area contributed by atoms with E-state index in [4.69, 9.17) is 4.74 Å². The second-order valence-corrected chi connectivity index (χ2v) is 5.70. The number of para-hydroxylation sites is 1. The van der Waals surface area contributed by atoms with Crippen LogP contribution in [-0.4, -0.2) is 51.7 Å². The summed E-state index contributed by atoms with van der Waals surface area (Å²) in [4.78, 5) is 47.9. The van der Waals surface area contributed by atoms with E-state index in [1.807, 2.05) is 0 Å². The Morgan fingerprint density at radius 2 is 1.45 bits per heavy atom. The maximum atomic E-state index is 12.2. The zero-order valence-corrected chi connectivity index (χ0v) is 16.1. The van der Waals surface area contributed by atoms with Crippen LogP contribution in [-0.2, 0) is 19.0 Å². The van der Waals surface area contributed by atoms with Crippen molar-refractivity contribution in [2.45, 2.75) is 0 Å². The fraction of sp³-hybridized carbons (Fsp3) is 0.200. The molecule has 2 N–H and O–H groups in total. The highest BCUT2D eigenvalue weighted by atomic mass is 16.5. The van der Waals surface area contributed by atoms with Crippen molar-refractivity contribution in [1.29, 1.82) is 0 Å². The number of nitrogens with one attached hydrogen (secondary N) is 2. The van der Waals surface area contributed by atoms with Crippen molar-refractivity contribution in [2.24, 2.45) is 0 Å². The standard InChI is InChI=1S/C20H20N2O7/c1-21-16-7-5-4-6-15(16)20(26)29-11-17(23)22-14-9-12(18(24)27-2)8-13(10-14)19(25)28-3/h4-10,21H,11H2,1-3H3,(H,22,23). The largest absolute Gasteiger partial charge is 0.465 e. The van der Waals surface area contributed by atoms with Crippen LogP contribution in [0.3, 0.4) is 0 Å². The lowest BCUT2D eigenvalue weighted by atomic mass is 10.1. The van der Waals surface area contributed by atoms with Crippen molar-refractivity contribution in [3.8, 4) is 0 Å². The first kappa shape index (κ1) is 21.4. The number of carbonyl (C=O) groups is 4. The van der Waals surface area contributed by atoms with E-state index in [1.165, 1.54) is 32.4 Å². The number of anilines is 2. The van der Waals surface area contributed by atoms with Gasteiger partial charge in [-0.05, 0) is 30.3 Å². The number of esters is 3. The second kappa shape index (κ2) is 9.88. The Balaban J connectivity index is 2.10. The lowest BCUT2D eigenvalue weighted by Gasteiger charge is -2.11. The first-order chi connectivity index (χ1) is 13.9. The molecular formula is C20H20N2O7. The predicted octanol–water partition coefficient (Wildman–Crippen LogP) is 2.10. The van der Waals surface area contributed by atoms with Gasteiger partial charge in [-0.15, -0.1) is 0 Å². The Bertz CT molecular complexity index is 906. The molecule has 2 aromatic carbocycles. The summed E-state index contributed by atoms with van der Waals surface area (Å²) < 4.78 is 14.3. The van der Waals surface area contributed by atoms with Crippen LogP contribution in [0.1, 0.15) is 31.1 Å². The van der Waals surface area contributed by atoms with Crippen LogP contribution in [0.2, 0.25) is 0 Å². The van der Waals surface area contributed by atoms with Gasteiger partial charge in [0.25, 0.3) is 5.91 Å². The third-order valence-corrected chi connectivity index (χ3v) is 3.81. The third-order valence-electron chi connectivity index (χ3n) is 3.81. The van der Waals surface area contributed by atoms with Gasteiger partial charge in [0, 0.05) is 18.4 Å². The van der Waals surface area contributed by atoms with Crippen molar-refractivity contribution < 1.29 is 33.4 Å². The van der Waals surface area contributed by atoms with Gasteiger partial charge in [0.15, 0.2) is 6.61 Å². The molecule has 9 heteroatoms. The van der Waals surface area contributed by atoms with Crippen molar-refractivity contribution in [1.82, 2.24) is 0 Å². The van der Waals surface area contributed by atoms with Gasteiger partial charge in [-0.1, -0.05) is 12.1 Å². The van der Waals surface area contributed by atoms with Gasteiger partial charge in [0.2, 0.25) is 0 Å². The Morgan fingerprint density at radius 3 is 2.00 bits per heavy atom. The highest BCUT2D eigenvalue weighted by Crippen LogP contribution is 2.18. The maximum Gasteiger partial charge on any atom is 0.340 e. The van der Waals surface area contributed by atoms with Crippen molar-refractivity contribution in [2.75, 3.05) is 38.5 Å². The fourth-order valence-electron chi connectivity index (χ4n) is 2.46. The number of ether oxygens (including phenoxy) is 3. The molecular weight excluding hydrogens is 380 g/mol. The van der Waals surface area contributed by atoms with Crippen molar-refractivity contribution in [3.63, 3.8) is 0 Å². The number of benzene rings is 2. The monoisotopic (exact) mass is 400 g/mol. The molecule has 29 heavy (non-hydrogen) atoms. The number of carbonyl (C=O) groups excluding carboxylic acids is 4. The van der Waals surface area contributed by atoms with Crippen molar-refractivity contribution in [3.05, 3.63) is 59.2 Å².